The Balaban J connectivity index is 1.74. The van der Waals surface area contributed by atoms with E-state index in [1.165, 1.54) is 12.8 Å². The van der Waals surface area contributed by atoms with Gasteiger partial charge in [0.05, 0.1) is 0 Å². The van der Waals surface area contributed by atoms with Gasteiger partial charge in [-0.05, 0) is 31.2 Å². The molecule has 4 nitrogen and oxygen atoms in total. The minimum Gasteiger partial charge on any atom is -0.483 e. The van der Waals surface area contributed by atoms with Gasteiger partial charge in [0.15, 0.2) is 6.61 Å². The first-order valence-corrected chi connectivity index (χ1v) is 7.86. The summed E-state index contributed by atoms with van der Waals surface area (Å²) in [7, 11) is 0. The first kappa shape index (κ1) is 15.8. The predicted octanol–water partition coefficient (Wildman–Crippen LogP) is 2.48. The highest BCUT2D eigenvalue weighted by Crippen LogP contribution is 2.22. The van der Waals surface area contributed by atoms with Crippen LogP contribution in [0.4, 0.5) is 0 Å². The standard InChI is InChI=1S/C17H26N2O2/c1-13(2)9-10-18-17(20)12-21-16-6-4-3-5-14(16)11-19-15-7-8-15/h3-6,13,15,19H,7-12H2,1-2H3,(H,18,20). The van der Waals surface area contributed by atoms with Gasteiger partial charge in [0, 0.05) is 24.7 Å². The molecular weight excluding hydrogens is 264 g/mol. The molecule has 0 aliphatic heterocycles. The highest BCUT2D eigenvalue weighted by atomic mass is 16.5. The smallest absolute Gasteiger partial charge is 0.257 e. The molecule has 116 valence electrons. The third-order valence-corrected chi connectivity index (χ3v) is 3.53. The lowest BCUT2D eigenvalue weighted by atomic mass is 10.1. The van der Waals surface area contributed by atoms with Crippen LogP contribution in [0.25, 0.3) is 0 Å². The molecule has 0 spiro atoms. The minimum absolute atomic E-state index is 0.0550. The molecule has 1 aromatic carbocycles. The van der Waals surface area contributed by atoms with Crippen molar-refractivity contribution >= 4 is 5.91 Å². The van der Waals surface area contributed by atoms with Crippen molar-refractivity contribution < 1.29 is 9.53 Å². The number of carbonyl (C=O) groups excluding carboxylic acids is 1. The SMILES string of the molecule is CC(C)CCNC(=O)COc1ccccc1CNC1CC1. The number of hydrogen-bond acceptors (Lipinski definition) is 3. The van der Waals surface area contributed by atoms with Crippen LogP contribution < -0.4 is 15.4 Å². The fourth-order valence-electron chi connectivity index (χ4n) is 2.03. The lowest BCUT2D eigenvalue weighted by molar-refractivity contribution is -0.123. The molecule has 2 rings (SSSR count). The molecule has 0 saturated heterocycles. The quantitative estimate of drug-likeness (QED) is 0.734. The highest BCUT2D eigenvalue weighted by molar-refractivity contribution is 5.77. The number of hydrogen-bond donors (Lipinski definition) is 2. The molecule has 1 aliphatic rings. The topological polar surface area (TPSA) is 50.4 Å². The molecule has 1 fully saturated rings. The van der Waals surface area contributed by atoms with Gasteiger partial charge in [0.2, 0.25) is 0 Å². The van der Waals surface area contributed by atoms with Gasteiger partial charge in [0.1, 0.15) is 5.75 Å². The summed E-state index contributed by atoms with van der Waals surface area (Å²) in [5.74, 6) is 1.34. The van der Waals surface area contributed by atoms with E-state index in [2.05, 4.69) is 24.5 Å². The Hall–Kier alpha value is -1.55. The van der Waals surface area contributed by atoms with Crippen molar-refractivity contribution in [1.29, 1.82) is 0 Å². The fraction of sp³-hybridized carbons (Fsp3) is 0.588. The Labute approximate surface area is 127 Å². The highest BCUT2D eigenvalue weighted by Gasteiger charge is 2.20. The van der Waals surface area contributed by atoms with Crippen LogP contribution in [0.15, 0.2) is 24.3 Å². The van der Waals surface area contributed by atoms with E-state index in [1.807, 2.05) is 24.3 Å². The van der Waals surface area contributed by atoms with Crippen molar-refractivity contribution in [2.24, 2.45) is 5.92 Å². The van der Waals surface area contributed by atoms with Gasteiger partial charge in [-0.15, -0.1) is 0 Å². The first-order chi connectivity index (χ1) is 10.1. The molecule has 0 radical (unpaired) electrons. The van der Waals surface area contributed by atoms with Gasteiger partial charge in [-0.2, -0.15) is 0 Å². The van der Waals surface area contributed by atoms with E-state index in [0.29, 0.717) is 18.5 Å². The van der Waals surface area contributed by atoms with Gasteiger partial charge in [-0.3, -0.25) is 4.79 Å². The van der Waals surface area contributed by atoms with E-state index in [1.54, 1.807) is 0 Å². The van der Waals surface area contributed by atoms with Gasteiger partial charge in [0.25, 0.3) is 5.91 Å². The maximum atomic E-state index is 11.7. The summed E-state index contributed by atoms with van der Waals surface area (Å²) >= 11 is 0. The van der Waals surface area contributed by atoms with Crippen molar-refractivity contribution in [3.05, 3.63) is 29.8 Å². The minimum atomic E-state index is -0.0550. The van der Waals surface area contributed by atoms with Crippen molar-refractivity contribution in [2.45, 2.75) is 45.7 Å². The van der Waals surface area contributed by atoms with E-state index >= 15 is 0 Å². The van der Waals surface area contributed by atoms with Crippen LogP contribution in [0.1, 0.15) is 38.7 Å². The number of carbonyl (C=O) groups is 1. The Morgan fingerprint density at radius 1 is 1.33 bits per heavy atom. The fourth-order valence-corrected chi connectivity index (χ4v) is 2.03. The Morgan fingerprint density at radius 2 is 2.10 bits per heavy atom. The zero-order valence-corrected chi connectivity index (χ0v) is 13.0. The van der Waals surface area contributed by atoms with Crippen molar-refractivity contribution in [3.8, 4) is 5.75 Å². The molecule has 0 aromatic heterocycles. The molecule has 0 bridgehead atoms. The molecular formula is C17H26N2O2. The Bertz CT molecular complexity index is 456. The largest absolute Gasteiger partial charge is 0.483 e. The normalized spacial score (nSPS) is 14.2. The van der Waals surface area contributed by atoms with Crippen LogP contribution in [0.3, 0.4) is 0 Å². The van der Waals surface area contributed by atoms with E-state index in [4.69, 9.17) is 4.74 Å². The summed E-state index contributed by atoms with van der Waals surface area (Å²) in [4.78, 5) is 11.7. The lowest BCUT2D eigenvalue weighted by Crippen LogP contribution is -2.30. The van der Waals surface area contributed by atoms with Crippen LogP contribution in [0.2, 0.25) is 0 Å². The van der Waals surface area contributed by atoms with E-state index in [-0.39, 0.29) is 12.5 Å². The lowest BCUT2D eigenvalue weighted by Gasteiger charge is -2.12. The summed E-state index contributed by atoms with van der Waals surface area (Å²) in [5.41, 5.74) is 1.11. The second-order valence-electron chi connectivity index (χ2n) is 6.08. The summed E-state index contributed by atoms with van der Waals surface area (Å²) in [6, 6.07) is 8.57. The molecule has 0 heterocycles. The van der Waals surface area contributed by atoms with Crippen LogP contribution in [-0.2, 0) is 11.3 Å². The molecule has 4 heteroatoms. The van der Waals surface area contributed by atoms with Gasteiger partial charge < -0.3 is 15.4 Å². The molecule has 1 aliphatic carbocycles. The summed E-state index contributed by atoms with van der Waals surface area (Å²) in [6.45, 7) is 5.89. The number of rotatable bonds is 9. The molecule has 1 saturated carbocycles. The molecule has 1 amide bonds. The summed E-state index contributed by atoms with van der Waals surface area (Å²) in [5, 5.41) is 6.35. The zero-order valence-electron chi connectivity index (χ0n) is 13.0. The van der Waals surface area contributed by atoms with E-state index in [0.717, 1.165) is 24.3 Å². The average Bonchev–Trinajstić information content (AvgIpc) is 3.27. The zero-order chi connectivity index (χ0) is 15.1. The van der Waals surface area contributed by atoms with Crippen LogP contribution in [0.5, 0.6) is 5.75 Å². The molecule has 0 atom stereocenters. The molecule has 2 N–H and O–H groups in total. The van der Waals surface area contributed by atoms with E-state index in [9.17, 15) is 4.79 Å². The van der Waals surface area contributed by atoms with Crippen LogP contribution in [0, 0.1) is 5.92 Å². The van der Waals surface area contributed by atoms with Gasteiger partial charge >= 0.3 is 0 Å². The number of nitrogens with one attached hydrogen (secondary N) is 2. The average molecular weight is 290 g/mol. The molecule has 1 aromatic rings. The van der Waals surface area contributed by atoms with Gasteiger partial charge in [-0.25, -0.2) is 0 Å². The van der Waals surface area contributed by atoms with Crippen molar-refractivity contribution in [2.75, 3.05) is 13.2 Å². The maximum absolute atomic E-state index is 11.7. The molecule has 21 heavy (non-hydrogen) atoms. The number of amides is 1. The second-order valence-corrected chi connectivity index (χ2v) is 6.08. The number of benzene rings is 1. The van der Waals surface area contributed by atoms with Gasteiger partial charge in [-0.1, -0.05) is 32.0 Å². The van der Waals surface area contributed by atoms with Crippen LogP contribution in [-0.4, -0.2) is 25.1 Å². The van der Waals surface area contributed by atoms with Crippen molar-refractivity contribution in [3.63, 3.8) is 0 Å². The Kier molecular flexibility index (Phi) is 6.05. The summed E-state index contributed by atoms with van der Waals surface area (Å²) in [6.07, 6.45) is 3.52. The summed E-state index contributed by atoms with van der Waals surface area (Å²) < 4.78 is 5.66. The third kappa shape index (κ3) is 6.17. The van der Waals surface area contributed by atoms with Crippen molar-refractivity contribution in [1.82, 2.24) is 10.6 Å². The maximum Gasteiger partial charge on any atom is 0.257 e. The predicted molar refractivity (Wildman–Crippen MR) is 84.3 cm³/mol. The number of para-hydroxylation sites is 1. The molecule has 0 unspecified atom stereocenters. The Morgan fingerprint density at radius 3 is 2.81 bits per heavy atom. The monoisotopic (exact) mass is 290 g/mol. The van der Waals surface area contributed by atoms with E-state index < -0.39 is 0 Å². The number of ether oxygens (including phenoxy) is 1. The third-order valence-electron chi connectivity index (χ3n) is 3.53. The first-order valence-electron chi connectivity index (χ1n) is 7.86. The van der Waals surface area contributed by atoms with Crippen LogP contribution >= 0.6 is 0 Å². The second kappa shape index (κ2) is 8.03.